The molecule has 0 radical (unpaired) electrons. The molecule has 170 valence electrons. The van der Waals surface area contributed by atoms with Crippen molar-refractivity contribution in [2.24, 2.45) is 4.99 Å². The fraction of sp³-hybridized carbons (Fsp3) is 0.233. The number of aliphatic hydroxyl groups excluding tert-OH is 1. The summed E-state index contributed by atoms with van der Waals surface area (Å²) < 4.78 is 5.40. The Balaban J connectivity index is 1.36. The molecule has 2 aliphatic heterocycles. The molecule has 0 aromatic heterocycles. The molecule has 3 aromatic rings. The zero-order valence-electron chi connectivity index (χ0n) is 19.7. The number of rotatable bonds is 4. The highest BCUT2D eigenvalue weighted by Crippen LogP contribution is 2.54. The number of benzene rings is 3. The number of hydrogen-bond acceptors (Lipinski definition) is 4. The number of aryl methyl sites for hydroxylation is 1. The van der Waals surface area contributed by atoms with Gasteiger partial charge in [-0.05, 0) is 60.4 Å². The number of aliphatic imine (C=N–C) groups is 1. The molecule has 34 heavy (non-hydrogen) atoms. The van der Waals surface area contributed by atoms with Crippen molar-refractivity contribution in [3.05, 3.63) is 100 Å². The van der Waals surface area contributed by atoms with E-state index in [9.17, 15) is 5.11 Å². The second-order valence-corrected chi connectivity index (χ2v) is 9.76. The average Bonchev–Trinajstić information content (AvgIpc) is 3.43. The largest absolute Gasteiger partial charge is 0.497 e. The average molecular weight is 449 g/mol. The van der Waals surface area contributed by atoms with Crippen LogP contribution in [0.5, 0.6) is 5.75 Å². The summed E-state index contributed by atoms with van der Waals surface area (Å²) in [5.74, 6) is 0.778. The lowest BCUT2D eigenvalue weighted by molar-refractivity contribution is 0.266. The van der Waals surface area contributed by atoms with E-state index in [2.05, 4.69) is 79.9 Å². The van der Waals surface area contributed by atoms with Gasteiger partial charge in [-0.3, -0.25) is 4.99 Å². The second kappa shape index (κ2) is 7.71. The molecule has 3 aliphatic rings. The van der Waals surface area contributed by atoms with Gasteiger partial charge in [-0.25, -0.2) is 0 Å². The molecule has 0 spiro atoms. The van der Waals surface area contributed by atoms with Gasteiger partial charge in [0.1, 0.15) is 5.75 Å². The molecule has 0 amide bonds. The van der Waals surface area contributed by atoms with Crippen LogP contribution in [0, 0.1) is 6.92 Å². The maximum absolute atomic E-state index is 10.7. The molecule has 4 nitrogen and oxygen atoms in total. The standard InChI is InChI=1S/C30H28N2O2/c1-18-4-6-19(7-5-18)9-12-26-22-11-8-20(15-25(22)30(2)17-28(30)31-26)14-24-23-16-21(34-3)10-13-27(23)32-29(24)33/h4-16,28-29,32-33H,17H2,1-3H3/b12-9+,24-14+/t28-,29?,30-/m0/s1. The van der Waals surface area contributed by atoms with Crippen LogP contribution < -0.4 is 10.1 Å². The van der Waals surface area contributed by atoms with E-state index in [0.29, 0.717) is 6.04 Å². The first-order chi connectivity index (χ1) is 16.4. The smallest absolute Gasteiger partial charge is 0.151 e. The van der Waals surface area contributed by atoms with E-state index in [-0.39, 0.29) is 5.41 Å². The molecule has 1 saturated carbocycles. The van der Waals surface area contributed by atoms with Crippen molar-refractivity contribution in [1.82, 2.24) is 0 Å². The molecule has 2 heterocycles. The minimum Gasteiger partial charge on any atom is -0.497 e. The topological polar surface area (TPSA) is 53.9 Å². The minimum absolute atomic E-state index is 0.0960. The molecule has 1 unspecified atom stereocenters. The maximum Gasteiger partial charge on any atom is 0.151 e. The number of hydrogen-bond donors (Lipinski definition) is 2. The zero-order valence-corrected chi connectivity index (χ0v) is 19.7. The molecule has 3 atom stereocenters. The fourth-order valence-electron chi connectivity index (χ4n) is 5.11. The van der Waals surface area contributed by atoms with Crippen LogP contribution in [-0.4, -0.2) is 30.2 Å². The van der Waals surface area contributed by atoms with Crippen molar-refractivity contribution in [1.29, 1.82) is 0 Å². The third kappa shape index (κ3) is 3.46. The number of nitrogens with zero attached hydrogens (tertiary/aromatic N) is 1. The summed E-state index contributed by atoms with van der Waals surface area (Å²) in [7, 11) is 1.66. The molecule has 4 heteroatoms. The van der Waals surface area contributed by atoms with Gasteiger partial charge in [0.05, 0.1) is 18.9 Å². The Bertz CT molecular complexity index is 1380. The Morgan fingerprint density at radius 1 is 1.00 bits per heavy atom. The van der Waals surface area contributed by atoms with Crippen molar-refractivity contribution in [2.75, 3.05) is 12.4 Å². The van der Waals surface area contributed by atoms with Gasteiger partial charge < -0.3 is 15.2 Å². The molecule has 1 fully saturated rings. The molecular weight excluding hydrogens is 420 g/mol. The number of anilines is 1. The first-order valence-electron chi connectivity index (χ1n) is 11.8. The van der Waals surface area contributed by atoms with E-state index in [0.717, 1.165) is 40.3 Å². The van der Waals surface area contributed by atoms with Crippen LogP contribution in [0.2, 0.25) is 0 Å². The van der Waals surface area contributed by atoms with Crippen LogP contribution in [0.15, 0.2) is 71.7 Å². The Labute approximate surface area is 200 Å². The molecular formula is C30H28N2O2. The van der Waals surface area contributed by atoms with Crippen LogP contribution in [-0.2, 0) is 5.41 Å². The van der Waals surface area contributed by atoms with Crippen molar-refractivity contribution < 1.29 is 9.84 Å². The highest BCUT2D eigenvalue weighted by atomic mass is 16.5. The van der Waals surface area contributed by atoms with Gasteiger partial charge in [0.15, 0.2) is 6.23 Å². The van der Waals surface area contributed by atoms with Gasteiger partial charge in [0.25, 0.3) is 0 Å². The molecule has 6 rings (SSSR count). The SMILES string of the molecule is COc1ccc2c(c1)/C(=C\c1ccc3c(c1)[C@]1(C)C[C@@H]1N=C3/C=C/c1ccc(C)cc1)C(O)N2. The quantitative estimate of drug-likeness (QED) is 0.528. The number of fused-ring (bicyclic) bond motifs is 4. The van der Waals surface area contributed by atoms with Crippen LogP contribution in [0.1, 0.15) is 46.7 Å². The fourth-order valence-corrected chi connectivity index (χ4v) is 5.11. The highest BCUT2D eigenvalue weighted by Gasteiger charge is 2.54. The lowest BCUT2D eigenvalue weighted by atomic mass is 9.86. The summed E-state index contributed by atoms with van der Waals surface area (Å²) in [6.45, 7) is 4.41. The summed E-state index contributed by atoms with van der Waals surface area (Å²) in [6, 6.07) is 21.3. The van der Waals surface area contributed by atoms with E-state index < -0.39 is 6.23 Å². The van der Waals surface area contributed by atoms with Crippen LogP contribution in [0.25, 0.3) is 17.7 Å². The predicted octanol–water partition coefficient (Wildman–Crippen LogP) is 5.83. The normalized spacial score (nSPS) is 25.4. The molecule has 1 aliphatic carbocycles. The molecule has 0 bridgehead atoms. The van der Waals surface area contributed by atoms with Gasteiger partial charge in [-0.2, -0.15) is 0 Å². The minimum atomic E-state index is -0.739. The van der Waals surface area contributed by atoms with Gasteiger partial charge in [-0.1, -0.05) is 61.0 Å². The summed E-state index contributed by atoms with van der Waals surface area (Å²) in [5.41, 5.74) is 9.97. The number of methoxy groups -OCH3 is 1. The summed E-state index contributed by atoms with van der Waals surface area (Å²) >= 11 is 0. The van der Waals surface area contributed by atoms with E-state index in [1.54, 1.807) is 7.11 Å². The van der Waals surface area contributed by atoms with E-state index in [1.165, 1.54) is 22.3 Å². The number of nitrogens with one attached hydrogen (secondary N) is 1. The predicted molar refractivity (Wildman–Crippen MR) is 139 cm³/mol. The number of aliphatic hydroxyl groups is 1. The monoisotopic (exact) mass is 448 g/mol. The van der Waals surface area contributed by atoms with Crippen molar-refractivity contribution in [3.8, 4) is 5.75 Å². The Morgan fingerprint density at radius 2 is 1.79 bits per heavy atom. The van der Waals surface area contributed by atoms with Crippen molar-refractivity contribution >= 4 is 29.1 Å². The maximum atomic E-state index is 10.7. The zero-order chi connectivity index (χ0) is 23.4. The molecule has 2 N–H and O–H groups in total. The summed E-state index contributed by atoms with van der Waals surface area (Å²) in [5, 5.41) is 13.8. The van der Waals surface area contributed by atoms with Crippen LogP contribution in [0.4, 0.5) is 5.69 Å². The van der Waals surface area contributed by atoms with Gasteiger partial charge in [0.2, 0.25) is 0 Å². The first-order valence-corrected chi connectivity index (χ1v) is 11.8. The first kappa shape index (κ1) is 20.9. The summed E-state index contributed by atoms with van der Waals surface area (Å²) in [4.78, 5) is 5.05. The van der Waals surface area contributed by atoms with Gasteiger partial charge in [0, 0.05) is 27.8 Å². The van der Waals surface area contributed by atoms with E-state index >= 15 is 0 Å². The number of ether oxygens (including phenoxy) is 1. The second-order valence-electron chi connectivity index (χ2n) is 9.76. The molecule has 0 saturated heterocycles. The third-order valence-corrected chi connectivity index (χ3v) is 7.38. The lowest BCUT2D eigenvalue weighted by Gasteiger charge is -2.22. The van der Waals surface area contributed by atoms with E-state index in [1.807, 2.05) is 18.2 Å². The van der Waals surface area contributed by atoms with Crippen LogP contribution >= 0.6 is 0 Å². The van der Waals surface area contributed by atoms with E-state index in [4.69, 9.17) is 9.73 Å². The Morgan fingerprint density at radius 3 is 2.59 bits per heavy atom. The number of allylic oxidation sites excluding steroid dienone is 1. The van der Waals surface area contributed by atoms with Gasteiger partial charge in [-0.15, -0.1) is 0 Å². The van der Waals surface area contributed by atoms with Crippen molar-refractivity contribution in [2.45, 2.75) is 38.0 Å². The highest BCUT2D eigenvalue weighted by molar-refractivity contribution is 6.13. The third-order valence-electron chi connectivity index (χ3n) is 7.38. The molecule has 3 aromatic carbocycles. The van der Waals surface area contributed by atoms with Gasteiger partial charge >= 0.3 is 0 Å². The lowest BCUT2D eigenvalue weighted by Crippen LogP contribution is -2.19. The summed E-state index contributed by atoms with van der Waals surface area (Å²) in [6.07, 6.45) is 6.71. The van der Waals surface area contributed by atoms with Crippen LogP contribution in [0.3, 0.4) is 0 Å². The van der Waals surface area contributed by atoms with Crippen molar-refractivity contribution in [3.63, 3.8) is 0 Å². The Hall–Kier alpha value is -3.63. The Kier molecular flexibility index (Phi) is 4.75.